The summed E-state index contributed by atoms with van der Waals surface area (Å²) < 4.78 is 87.0. The molecule has 1 aliphatic rings. The van der Waals surface area contributed by atoms with Crippen LogP contribution in [0.1, 0.15) is 47.6 Å². The fourth-order valence-electron chi connectivity index (χ4n) is 3.31. The number of amides is 2. The lowest BCUT2D eigenvalue weighted by Crippen LogP contribution is -2.42. The Labute approximate surface area is 186 Å². The SMILES string of the molecule is CN1CCCCCC(O)(C(F)(F)F)c2nnc(o2)-c2nc(c(C(F)(F)F)cc2NC(=O)O)C1=O. The molecule has 0 aromatic carbocycles. The van der Waals surface area contributed by atoms with Crippen LogP contribution in [0, 0.1) is 0 Å². The molecule has 2 amide bonds. The first-order valence-corrected chi connectivity index (χ1v) is 9.66. The number of carboxylic acid groups (broad SMARTS) is 1. The van der Waals surface area contributed by atoms with E-state index in [1.54, 1.807) is 5.32 Å². The molecule has 1 atom stereocenters. The number of carbonyl (C=O) groups is 2. The highest BCUT2D eigenvalue weighted by Crippen LogP contribution is 2.44. The van der Waals surface area contributed by atoms with E-state index >= 15 is 0 Å². The van der Waals surface area contributed by atoms with Gasteiger partial charge in [-0.3, -0.25) is 10.1 Å². The number of aliphatic hydroxyl groups is 1. The van der Waals surface area contributed by atoms with E-state index in [9.17, 15) is 41.0 Å². The molecule has 0 radical (unpaired) electrons. The Morgan fingerprint density at radius 3 is 2.41 bits per heavy atom. The smallest absolute Gasteiger partial charge is 0.426 e. The van der Waals surface area contributed by atoms with Crippen LogP contribution in [0.25, 0.3) is 11.6 Å². The van der Waals surface area contributed by atoms with Crippen LogP contribution < -0.4 is 5.32 Å². The summed E-state index contributed by atoms with van der Waals surface area (Å²) in [5.41, 5.74) is -8.01. The summed E-state index contributed by atoms with van der Waals surface area (Å²) in [7, 11) is 1.18. The van der Waals surface area contributed by atoms with Crippen LogP contribution in [-0.2, 0) is 11.8 Å². The van der Waals surface area contributed by atoms with E-state index in [1.165, 1.54) is 7.05 Å². The molecular formula is C18H17F6N5O5. The Morgan fingerprint density at radius 2 is 1.82 bits per heavy atom. The lowest BCUT2D eigenvalue weighted by molar-refractivity contribution is -0.277. The third-order valence-electron chi connectivity index (χ3n) is 5.10. The van der Waals surface area contributed by atoms with Crippen LogP contribution in [0.3, 0.4) is 0 Å². The summed E-state index contributed by atoms with van der Waals surface area (Å²) in [6.07, 6.45) is -13.1. The molecule has 1 aliphatic heterocycles. The molecule has 2 aromatic heterocycles. The van der Waals surface area contributed by atoms with Crippen molar-refractivity contribution in [3.8, 4) is 11.6 Å². The zero-order chi connectivity index (χ0) is 25.5. The van der Waals surface area contributed by atoms with Gasteiger partial charge in [-0.1, -0.05) is 6.42 Å². The molecule has 34 heavy (non-hydrogen) atoms. The summed E-state index contributed by atoms with van der Waals surface area (Å²) in [5, 5.41) is 27.5. The molecule has 186 valence electrons. The van der Waals surface area contributed by atoms with Gasteiger partial charge in [0.25, 0.3) is 17.7 Å². The van der Waals surface area contributed by atoms with Crippen LogP contribution >= 0.6 is 0 Å². The van der Waals surface area contributed by atoms with Gasteiger partial charge in [-0.15, -0.1) is 10.2 Å². The molecule has 0 aliphatic carbocycles. The largest absolute Gasteiger partial charge is 0.465 e. The first kappa shape index (κ1) is 25.2. The number of pyridine rings is 1. The second-order valence-corrected chi connectivity index (χ2v) is 7.52. The van der Waals surface area contributed by atoms with Crippen LogP contribution in [0.5, 0.6) is 0 Å². The first-order valence-electron chi connectivity index (χ1n) is 9.66. The molecule has 0 spiro atoms. The van der Waals surface area contributed by atoms with E-state index in [2.05, 4.69) is 15.2 Å². The van der Waals surface area contributed by atoms with Crippen molar-refractivity contribution in [2.45, 2.75) is 43.6 Å². The summed E-state index contributed by atoms with van der Waals surface area (Å²) in [4.78, 5) is 28.3. The Hall–Kier alpha value is -3.43. The minimum Gasteiger partial charge on any atom is -0.465 e. The van der Waals surface area contributed by atoms with Crippen molar-refractivity contribution in [2.24, 2.45) is 0 Å². The van der Waals surface area contributed by atoms with Gasteiger partial charge in [-0.05, 0) is 25.3 Å². The fraction of sp³-hybridized carbons (Fsp3) is 0.500. The summed E-state index contributed by atoms with van der Waals surface area (Å²) >= 11 is 0. The van der Waals surface area contributed by atoms with E-state index in [-0.39, 0.29) is 31.9 Å². The predicted octanol–water partition coefficient (Wildman–Crippen LogP) is 3.64. The molecule has 3 rings (SSSR count). The van der Waals surface area contributed by atoms with Crippen molar-refractivity contribution in [1.29, 1.82) is 0 Å². The lowest BCUT2D eigenvalue weighted by Gasteiger charge is -2.27. The highest BCUT2D eigenvalue weighted by atomic mass is 19.4. The number of hydrogen-bond donors (Lipinski definition) is 3. The van der Waals surface area contributed by atoms with Gasteiger partial charge in [0, 0.05) is 13.6 Å². The number of rotatable bonds is 1. The third-order valence-corrected chi connectivity index (χ3v) is 5.10. The van der Waals surface area contributed by atoms with Crippen LogP contribution in [0.4, 0.5) is 36.8 Å². The highest BCUT2D eigenvalue weighted by molar-refractivity contribution is 5.96. The average Bonchev–Trinajstić information content (AvgIpc) is 3.20. The Morgan fingerprint density at radius 1 is 1.15 bits per heavy atom. The van der Waals surface area contributed by atoms with Crippen LogP contribution in [0.15, 0.2) is 10.5 Å². The van der Waals surface area contributed by atoms with Gasteiger partial charge in [0.2, 0.25) is 5.60 Å². The van der Waals surface area contributed by atoms with Crippen molar-refractivity contribution in [2.75, 3.05) is 18.9 Å². The van der Waals surface area contributed by atoms with Gasteiger partial charge in [0.1, 0.15) is 5.69 Å². The van der Waals surface area contributed by atoms with Crippen LogP contribution in [-0.4, -0.2) is 62.1 Å². The summed E-state index contributed by atoms with van der Waals surface area (Å²) in [6.45, 7) is -0.120. The Kier molecular flexibility index (Phi) is 6.47. The highest BCUT2D eigenvalue weighted by Gasteiger charge is 2.58. The van der Waals surface area contributed by atoms with Crippen molar-refractivity contribution in [3.63, 3.8) is 0 Å². The molecular weight excluding hydrogens is 480 g/mol. The molecule has 0 saturated heterocycles. The number of halogens is 6. The van der Waals surface area contributed by atoms with Gasteiger partial charge in [-0.25, -0.2) is 9.78 Å². The predicted molar refractivity (Wildman–Crippen MR) is 99.6 cm³/mol. The molecule has 2 aromatic rings. The summed E-state index contributed by atoms with van der Waals surface area (Å²) in [5.74, 6) is -3.41. The minimum absolute atomic E-state index is 0.0866. The van der Waals surface area contributed by atoms with Crippen molar-refractivity contribution >= 4 is 17.7 Å². The monoisotopic (exact) mass is 497 g/mol. The quantitative estimate of drug-likeness (QED) is 0.507. The zero-order valence-corrected chi connectivity index (χ0v) is 17.3. The summed E-state index contributed by atoms with van der Waals surface area (Å²) in [6, 6.07) is 0.253. The number of alkyl halides is 6. The molecule has 16 heteroatoms. The lowest BCUT2D eigenvalue weighted by atomic mass is 9.95. The molecule has 10 nitrogen and oxygen atoms in total. The number of nitrogens with one attached hydrogen (secondary N) is 1. The fourth-order valence-corrected chi connectivity index (χ4v) is 3.31. The minimum atomic E-state index is -5.25. The second kappa shape index (κ2) is 8.73. The van der Waals surface area contributed by atoms with E-state index in [0.717, 1.165) is 4.90 Å². The van der Waals surface area contributed by atoms with Gasteiger partial charge < -0.3 is 19.5 Å². The number of hydrogen-bond acceptors (Lipinski definition) is 7. The topological polar surface area (TPSA) is 142 Å². The normalized spacial score (nSPS) is 20.1. The zero-order valence-electron chi connectivity index (χ0n) is 17.3. The van der Waals surface area contributed by atoms with Crippen molar-refractivity contribution in [1.82, 2.24) is 20.1 Å². The number of carbonyl (C=O) groups excluding carboxylic acids is 1. The molecule has 3 N–H and O–H groups in total. The standard InChI is InChI=1S/C18H17F6N5O5/c1-29-6-4-2-3-5-16(33,18(22,23)24)14-28-27-12(34-14)11-9(25-15(31)32)7-8(17(19,20)21)10(26-11)13(29)30/h7,25,33H,2-6H2,1H3,(H,31,32). The number of anilines is 1. The van der Waals surface area contributed by atoms with E-state index in [1.807, 2.05) is 0 Å². The van der Waals surface area contributed by atoms with Gasteiger partial charge >= 0.3 is 18.4 Å². The molecule has 3 heterocycles. The molecule has 1 unspecified atom stereocenters. The van der Waals surface area contributed by atoms with Gasteiger partial charge in [-0.2, -0.15) is 26.3 Å². The van der Waals surface area contributed by atoms with Crippen molar-refractivity contribution < 1.29 is 50.6 Å². The van der Waals surface area contributed by atoms with E-state index < -0.39 is 70.8 Å². The van der Waals surface area contributed by atoms with E-state index in [0.29, 0.717) is 0 Å². The maximum Gasteiger partial charge on any atom is 0.426 e. The molecule has 4 bridgehead atoms. The van der Waals surface area contributed by atoms with Gasteiger partial charge in [0.15, 0.2) is 5.69 Å². The number of fused-ring (bicyclic) bond motifs is 5. The third kappa shape index (κ3) is 4.76. The van der Waals surface area contributed by atoms with Crippen molar-refractivity contribution in [3.05, 3.63) is 23.2 Å². The first-order chi connectivity index (χ1) is 15.6. The molecule has 0 saturated carbocycles. The number of nitrogens with zero attached hydrogens (tertiary/aromatic N) is 4. The maximum absolute atomic E-state index is 13.7. The maximum atomic E-state index is 13.7. The molecule has 0 fully saturated rings. The number of aromatic nitrogens is 3. The average molecular weight is 497 g/mol. The van der Waals surface area contributed by atoms with Gasteiger partial charge in [0.05, 0.1) is 11.3 Å². The van der Waals surface area contributed by atoms with E-state index in [4.69, 9.17) is 9.52 Å². The van der Waals surface area contributed by atoms with Crippen LogP contribution in [0.2, 0.25) is 0 Å². The Balaban J connectivity index is 2.31. The Bertz CT molecular complexity index is 1100. The second-order valence-electron chi connectivity index (χ2n) is 7.52.